The fraction of sp³-hybridized carbons (Fsp3) is 0.381. The van der Waals surface area contributed by atoms with Gasteiger partial charge in [0.2, 0.25) is 10.0 Å². The van der Waals surface area contributed by atoms with Crippen molar-refractivity contribution in [3.63, 3.8) is 0 Å². The minimum absolute atomic E-state index is 0.000243. The second-order valence-electron chi connectivity index (χ2n) is 6.60. The molecule has 1 heterocycles. The smallest absolute Gasteiger partial charge is 0.339 e. The van der Waals surface area contributed by atoms with Gasteiger partial charge in [-0.15, -0.1) is 0 Å². The maximum absolute atomic E-state index is 12.6. The first-order valence-electron chi connectivity index (χ1n) is 9.88. The summed E-state index contributed by atoms with van der Waals surface area (Å²) in [7, 11) is -4.82. The Bertz CT molecular complexity index is 1020. The Labute approximate surface area is 184 Å². The molecule has 0 radical (unpaired) electrons. The standard InChI is InChI=1S/C21H25NO7S2/c1-2-30(24)20-6-4-3-5-19(20)21(23)29-16-15-28-17-7-9-18(10-8-17)31(25,26)22-11-13-27-14-12-22/h3-10H,2,11-16H2,1H3. The van der Waals surface area contributed by atoms with Crippen LogP contribution in [0.3, 0.4) is 0 Å². The molecular formula is C21H25NO7S2. The maximum atomic E-state index is 12.6. The van der Waals surface area contributed by atoms with Gasteiger partial charge in [-0.2, -0.15) is 4.31 Å². The van der Waals surface area contributed by atoms with Crippen molar-refractivity contribution in [3.8, 4) is 5.75 Å². The van der Waals surface area contributed by atoms with Gasteiger partial charge in [0.15, 0.2) is 0 Å². The number of hydrogen-bond acceptors (Lipinski definition) is 7. The van der Waals surface area contributed by atoms with Gasteiger partial charge < -0.3 is 14.2 Å². The molecule has 0 saturated carbocycles. The van der Waals surface area contributed by atoms with E-state index in [0.29, 0.717) is 42.7 Å². The van der Waals surface area contributed by atoms with Crippen molar-refractivity contribution in [3.05, 3.63) is 54.1 Å². The lowest BCUT2D eigenvalue weighted by atomic mass is 10.2. The van der Waals surface area contributed by atoms with Gasteiger partial charge in [-0.1, -0.05) is 19.1 Å². The summed E-state index contributed by atoms with van der Waals surface area (Å²) >= 11 is 0. The highest BCUT2D eigenvalue weighted by Gasteiger charge is 2.26. The second kappa shape index (κ2) is 10.9. The molecule has 1 aliphatic heterocycles. The highest BCUT2D eigenvalue weighted by Crippen LogP contribution is 2.20. The molecule has 0 aromatic heterocycles. The molecule has 0 amide bonds. The third-order valence-corrected chi connectivity index (χ3v) is 7.92. The molecule has 1 aliphatic rings. The van der Waals surface area contributed by atoms with Crippen LogP contribution in [0.4, 0.5) is 0 Å². The molecule has 31 heavy (non-hydrogen) atoms. The molecule has 0 bridgehead atoms. The number of rotatable bonds is 9. The topological polar surface area (TPSA) is 99.2 Å². The number of nitrogens with zero attached hydrogens (tertiary/aromatic N) is 1. The van der Waals surface area contributed by atoms with Crippen LogP contribution in [0, 0.1) is 0 Å². The highest BCUT2D eigenvalue weighted by molar-refractivity contribution is 7.89. The second-order valence-corrected chi connectivity index (χ2v) is 10.2. The van der Waals surface area contributed by atoms with Gasteiger partial charge in [-0.05, 0) is 36.4 Å². The van der Waals surface area contributed by atoms with Gasteiger partial charge in [0.1, 0.15) is 19.0 Å². The zero-order valence-corrected chi connectivity index (χ0v) is 18.8. The van der Waals surface area contributed by atoms with Gasteiger partial charge in [0.05, 0.1) is 39.4 Å². The molecule has 1 fully saturated rings. The van der Waals surface area contributed by atoms with Crippen molar-refractivity contribution in [2.24, 2.45) is 0 Å². The summed E-state index contributed by atoms with van der Waals surface area (Å²) in [6, 6.07) is 12.8. The molecule has 2 aromatic carbocycles. The Hall–Kier alpha value is -2.27. The van der Waals surface area contributed by atoms with E-state index in [-0.39, 0.29) is 23.7 Å². The minimum atomic E-state index is -3.56. The van der Waals surface area contributed by atoms with Crippen LogP contribution in [0.25, 0.3) is 0 Å². The third kappa shape index (κ3) is 5.91. The fourth-order valence-electron chi connectivity index (χ4n) is 3.00. The average Bonchev–Trinajstić information content (AvgIpc) is 2.82. The molecule has 8 nitrogen and oxygen atoms in total. The number of carbonyl (C=O) groups is 1. The van der Waals surface area contributed by atoms with Crippen LogP contribution in [0.1, 0.15) is 17.3 Å². The first-order valence-corrected chi connectivity index (χ1v) is 12.6. The van der Waals surface area contributed by atoms with Crippen LogP contribution in [0.2, 0.25) is 0 Å². The van der Waals surface area contributed by atoms with Crippen molar-refractivity contribution in [1.82, 2.24) is 4.31 Å². The molecule has 10 heteroatoms. The number of esters is 1. The van der Waals surface area contributed by atoms with Crippen molar-refractivity contribution < 1.29 is 31.6 Å². The SMILES string of the molecule is CCS(=O)c1ccccc1C(=O)OCCOc1ccc(S(=O)(=O)N2CCOCC2)cc1. The van der Waals surface area contributed by atoms with Crippen molar-refractivity contribution in [2.75, 3.05) is 45.3 Å². The van der Waals surface area contributed by atoms with Crippen LogP contribution in [0.15, 0.2) is 58.3 Å². The molecule has 3 rings (SSSR count). The van der Waals surface area contributed by atoms with Crippen molar-refractivity contribution >= 4 is 26.8 Å². The van der Waals surface area contributed by atoms with Crippen molar-refractivity contribution in [2.45, 2.75) is 16.7 Å². The Morgan fingerprint density at radius 2 is 1.74 bits per heavy atom. The summed E-state index contributed by atoms with van der Waals surface area (Å²) in [6.07, 6.45) is 0. The monoisotopic (exact) mass is 467 g/mol. The third-order valence-electron chi connectivity index (χ3n) is 4.63. The normalized spacial score (nSPS) is 15.9. The van der Waals surface area contributed by atoms with E-state index in [0.717, 1.165) is 0 Å². The van der Waals surface area contributed by atoms with Crippen LogP contribution in [-0.4, -0.2) is 68.2 Å². The van der Waals surface area contributed by atoms with Gasteiger partial charge >= 0.3 is 5.97 Å². The first-order chi connectivity index (χ1) is 14.9. The molecule has 0 aliphatic carbocycles. The molecule has 168 valence electrons. The first kappa shape index (κ1) is 23.4. The number of morpholine rings is 1. The summed E-state index contributed by atoms with van der Waals surface area (Å²) in [5.74, 6) is 0.308. The molecule has 1 atom stereocenters. The van der Waals surface area contributed by atoms with Crippen LogP contribution >= 0.6 is 0 Å². The predicted octanol–water partition coefficient (Wildman–Crippen LogP) is 2.07. The molecule has 1 saturated heterocycles. The Balaban J connectivity index is 1.51. The van der Waals surface area contributed by atoms with E-state index < -0.39 is 26.8 Å². The van der Waals surface area contributed by atoms with Gasteiger partial charge in [-0.25, -0.2) is 13.2 Å². The average molecular weight is 468 g/mol. The number of hydrogen-bond donors (Lipinski definition) is 0. The lowest BCUT2D eigenvalue weighted by Crippen LogP contribution is -2.40. The zero-order valence-electron chi connectivity index (χ0n) is 17.2. The Kier molecular flexibility index (Phi) is 8.19. The molecule has 1 unspecified atom stereocenters. The Morgan fingerprint density at radius 1 is 1.06 bits per heavy atom. The number of carbonyl (C=O) groups excluding carboxylic acids is 1. The molecule has 0 spiro atoms. The largest absolute Gasteiger partial charge is 0.490 e. The summed E-state index contributed by atoms with van der Waals surface area (Å²) < 4.78 is 54.7. The van der Waals surface area contributed by atoms with E-state index in [2.05, 4.69) is 0 Å². The van der Waals surface area contributed by atoms with Gasteiger partial charge in [-0.3, -0.25) is 4.21 Å². The van der Waals surface area contributed by atoms with Gasteiger partial charge in [0.25, 0.3) is 0 Å². The lowest BCUT2D eigenvalue weighted by molar-refractivity contribution is 0.0446. The summed E-state index contributed by atoms with van der Waals surface area (Å²) in [6.45, 7) is 3.32. The molecular weight excluding hydrogens is 442 g/mol. The maximum Gasteiger partial charge on any atom is 0.339 e. The van der Waals surface area contributed by atoms with E-state index in [1.165, 1.54) is 16.4 Å². The highest BCUT2D eigenvalue weighted by atomic mass is 32.2. The minimum Gasteiger partial charge on any atom is -0.490 e. The molecule has 2 aromatic rings. The van der Waals surface area contributed by atoms with E-state index >= 15 is 0 Å². The number of benzene rings is 2. The van der Waals surface area contributed by atoms with E-state index in [1.807, 2.05) is 0 Å². The van der Waals surface area contributed by atoms with E-state index in [4.69, 9.17) is 14.2 Å². The Morgan fingerprint density at radius 3 is 2.42 bits per heavy atom. The van der Waals surface area contributed by atoms with E-state index in [1.54, 1.807) is 43.3 Å². The predicted molar refractivity (Wildman–Crippen MR) is 115 cm³/mol. The zero-order chi connectivity index (χ0) is 22.3. The summed E-state index contributed by atoms with van der Waals surface area (Å²) in [5.41, 5.74) is 0.278. The van der Waals surface area contributed by atoms with E-state index in [9.17, 15) is 17.4 Å². The van der Waals surface area contributed by atoms with Gasteiger partial charge in [0, 0.05) is 18.8 Å². The lowest BCUT2D eigenvalue weighted by Gasteiger charge is -2.26. The molecule has 0 N–H and O–H groups in total. The quantitative estimate of drug-likeness (QED) is 0.411. The summed E-state index contributed by atoms with van der Waals surface area (Å²) in [4.78, 5) is 13.0. The van der Waals surface area contributed by atoms with Crippen LogP contribution < -0.4 is 4.74 Å². The number of sulfonamides is 1. The fourth-order valence-corrected chi connectivity index (χ4v) is 5.35. The van der Waals surface area contributed by atoms with Crippen LogP contribution in [0.5, 0.6) is 5.75 Å². The number of ether oxygens (including phenoxy) is 3. The van der Waals surface area contributed by atoms with Crippen molar-refractivity contribution in [1.29, 1.82) is 0 Å². The van der Waals surface area contributed by atoms with Crippen LogP contribution in [-0.2, 0) is 30.3 Å². The summed E-state index contributed by atoms with van der Waals surface area (Å²) in [5, 5.41) is 0.